The topological polar surface area (TPSA) is 59.6 Å². The molecule has 1 aromatic carbocycles. The number of unbranched alkanes of at least 4 members (excludes halogenated alkanes) is 8. The van der Waals surface area contributed by atoms with E-state index < -0.39 is 0 Å². The second kappa shape index (κ2) is 21.0. The van der Waals surface area contributed by atoms with Crippen LogP contribution in [0.15, 0.2) is 24.3 Å². The molecule has 0 bridgehead atoms. The van der Waals surface area contributed by atoms with Crippen molar-refractivity contribution in [3.8, 4) is 0 Å². The second-order valence-corrected chi connectivity index (χ2v) is 9.76. The summed E-state index contributed by atoms with van der Waals surface area (Å²) in [4.78, 5) is 12.9. The predicted octanol–water partition coefficient (Wildman–Crippen LogP) is 6.65. The van der Waals surface area contributed by atoms with Gasteiger partial charge in [-0.05, 0) is 62.4 Å². The first-order chi connectivity index (χ1) is 16.7. The Hall–Kier alpha value is -1.14. The summed E-state index contributed by atoms with van der Waals surface area (Å²) >= 11 is 0. The Labute approximate surface area is 220 Å². The largest absolute Gasteiger partial charge is 0.379 e. The molecule has 1 fully saturated rings. The van der Waals surface area contributed by atoms with Crippen LogP contribution in [0.4, 0.5) is 0 Å². The highest BCUT2D eigenvalue weighted by molar-refractivity contribution is 5.94. The molecule has 1 aliphatic rings. The second-order valence-electron chi connectivity index (χ2n) is 9.76. The standard InChI is InChI=1S/C29H50N2O3.ClH/c1-3-5-7-9-11-20-33-24-28(34-21-12-10-8-6-4-2)23-31-29(32)27-15-13-14-26(22-27)25-16-18-30-19-17-25;/h13-15,22,25,28,30H,3-12,16-21,23-24H2,1-2H3,(H,31,32);1H. The van der Waals surface area contributed by atoms with E-state index in [1.807, 2.05) is 12.1 Å². The van der Waals surface area contributed by atoms with Crippen LogP contribution in [0.2, 0.25) is 0 Å². The minimum absolute atomic E-state index is 0. The fraction of sp³-hybridized carbons (Fsp3) is 0.759. The number of rotatable bonds is 19. The fourth-order valence-electron chi connectivity index (χ4n) is 4.54. The number of carbonyl (C=O) groups is 1. The summed E-state index contributed by atoms with van der Waals surface area (Å²) < 4.78 is 12.1. The predicted molar refractivity (Wildman–Crippen MR) is 149 cm³/mol. The normalized spacial score (nSPS) is 14.9. The van der Waals surface area contributed by atoms with Crippen molar-refractivity contribution >= 4 is 18.3 Å². The van der Waals surface area contributed by atoms with E-state index in [0.29, 0.717) is 19.1 Å². The maximum Gasteiger partial charge on any atom is 0.251 e. The SMILES string of the molecule is CCCCCCCOCC(CNC(=O)c1cccc(C2CCNCC2)c1)OCCCCCCC.Cl. The van der Waals surface area contributed by atoms with Crippen molar-refractivity contribution in [3.05, 3.63) is 35.4 Å². The number of nitrogens with one attached hydrogen (secondary N) is 2. The van der Waals surface area contributed by atoms with Crippen molar-refractivity contribution in [2.45, 2.75) is 103 Å². The average Bonchev–Trinajstić information content (AvgIpc) is 2.88. The molecule has 1 atom stereocenters. The summed E-state index contributed by atoms with van der Waals surface area (Å²) in [5.41, 5.74) is 2.02. The molecule has 1 aromatic rings. The van der Waals surface area contributed by atoms with E-state index in [1.54, 1.807) is 0 Å². The van der Waals surface area contributed by atoms with Crippen LogP contribution in [-0.2, 0) is 9.47 Å². The summed E-state index contributed by atoms with van der Waals surface area (Å²) in [6, 6.07) is 8.15. The van der Waals surface area contributed by atoms with Gasteiger partial charge in [-0.3, -0.25) is 4.79 Å². The van der Waals surface area contributed by atoms with Crippen molar-refractivity contribution in [1.82, 2.24) is 10.6 Å². The molecular formula is C29H51ClN2O3. The minimum atomic E-state index is -0.0987. The molecule has 0 spiro atoms. The number of ether oxygens (including phenoxy) is 2. The number of amides is 1. The number of benzene rings is 1. The third kappa shape index (κ3) is 14.3. The van der Waals surface area contributed by atoms with Gasteiger partial charge in [-0.15, -0.1) is 12.4 Å². The van der Waals surface area contributed by atoms with Crippen molar-refractivity contribution in [2.75, 3.05) is 39.5 Å². The number of carbonyl (C=O) groups excluding carboxylic acids is 1. The minimum Gasteiger partial charge on any atom is -0.379 e. The first-order valence-corrected chi connectivity index (χ1v) is 14.0. The molecule has 1 saturated heterocycles. The summed E-state index contributed by atoms with van der Waals surface area (Å²) in [6.45, 7) is 9.10. The zero-order chi connectivity index (χ0) is 24.3. The number of hydrogen-bond donors (Lipinski definition) is 2. The monoisotopic (exact) mass is 510 g/mol. The molecule has 0 aromatic heterocycles. The van der Waals surface area contributed by atoms with Gasteiger partial charge < -0.3 is 20.1 Å². The van der Waals surface area contributed by atoms with Crippen molar-refractivity contribution < 1.29 is 14.3 Å². The molecule has 35 heavy (non-hydrogen) atoms. The van der Waals surface area contributed by atoms with Gasteiger partial charge in [0.1, 0.15) is 0 Å². The van der Waals surface area contributed by atoms with Crippen molar-refractivity contribution in [1.29, 1.82) is 0 Å². The highest BCUT2D eigenvalue weighted by atomic mass is 35.5. The Kier molecular flexibility index (Phi) is 19.1. The molecule has 0 radical (unpaired) electrons. The van der Waals surface area contributed by atoms with Gasteiger partial charge in [-0.2, -0.15) is 0 Å². The van der Waals surface area contributed by atoms with Crippen molar-refractivity contribution in [2.24, 2.45) is 0 Å². The Bertz CT molecular complexity index is 653. The van der Waals surface area contributed by atoms with Gasteiger partial charge in [0.2, 0.25) is 0 Å². The zero-order valence-electron chi connectivity index (χ0n) is 22.3. The zero-order valence-corrected chi connectivity index (χ0v) is 23.1. The van der Waals surface area contributed by atoms with Crippen LogP contribution in [0.3, 0.4) is 0 Å². The Morgan fingerprint density at radius 2 is 1.63 bits per heavy atom. The molecule has 0 saturated carbocycles. The summed E-state index contributed by atoms with van der Waals surface area (Å²) in [5.74, 6) is 0.524. The Morgan fingerprint density at radius 1 is 0.971 bits per heavy atom. The van der Waals surface area contributed by atoms with Gasteiger partial charge >= 0.3 is 0 Å². The van der Waals surface area contributed by atoms with E-state index in [9.17, 15) is 4.79 Å². The number of halogens is 1. The van der Waals surface area contributed by atoms with Crippen LogP contribution in [0.5, 0.6) is 0 Å². The van der Waals surface area contributed by atoms with Crippen LogP contribution in [0, 0.1) is 0 Å². The number of piperidine rings is 1. The van der Waals surface area contributed by atoms with E-state index in [1.165, 1.54) is 56.9 Å². The maximum atomic E-state index is 12.9. The van der Waals surface area contributed by atoms with Crippen LogP contribution < -0.4 is 10.6 Å². The molecule has 1 aliphatic heterocycles. The molecule has 0 aliphatic carbocycles. The van der Waals surface area contributed by atoms with E-state index in [0.717, 1.165) is 57.6 Å². The number of hydrogen-bond acceptors (Lipinski definition) is 4. The lowest BCUT2D eigenvalue weighted by molar-refractivity contribution is -0.0170. The first-order valence-electron chi connectivity index (χ1n) is 14.0. The molecule has 2 N–H and O–H groups in total. The van der Waals surface area contributed by atoms with Gasteiger partial charge in [0.05, 0.1) is 12.7 Å². The van der Waals surface area contributed by atoms with E-state index in [-0.39, 0.29) is 24.4 Å². The molecular weight excluding hydrogens is 460 g/mol. The quantitative estimate of drug-likeness (QED) is 0.204. The molecule has 2 rings (SSSR count). The van der Waals surface area contributed by atoms with E-state index >= 15 is 0 Å². The summed E-state index contributed by atoms with van der Waals surface area (Å²) in [7, 11) is 0. The molecule has 202 valence electrons. The summed E-state index contributed by atoms with van der Waals surface area (Å²) in [6.07, 6.45) is 14.4. The average molecular weight is 511 g/mol. The van der Waals surface area contributed by atoms with Gasteiger partial charge in [0.15, 0.2) is 0 Å². The molecule has 1 amide bonds. The van der Waals surface area contributed by atoms with Gasteiger partial charge in [0, 0.05) is 25.3 Å². The smallest absolute Gasteiger partial charge is 0.251 e. The van der Waals surface area contributed by atoms with E-state index in [4.69, 9.17) is 9.47 Å². The highest BCUT2D eigenvalue weighted by Gasteiger charge is 2.17. The molecule has 6 heteroatoms. The lowest BCUT2D eigenvalue weighted by atomic mass is 9.89. The van der Waals surface area contributed by atoms with Gasteiger partial charge in [-0.1, -0.05) is 77.3 Å². The lowest BCUT2D eigenvalue weighted by Gasteiger charge is -2.23. The van der Waals surface area contributed by atoms with Gasteiger partial charge in [-0.25, -0.2) is 0 Å². The molecule has 5 nitrogen and oxygen atoms in total. The maximum absolute atomic E-state index is 12.9. The first kappa shape index (κ1) is 31.9. The molecule has 1 heterocycles. The van der Waals surface area contributed by atoms with Crippen LogP contribution in [0.25, 0.3) is 0 Å². The van der Waals surface area contributed by atoms with Gasteiger partial charge in [0.25, 0.3) is 5.91 Å². The van der Waals surface area contributed by atoms with Crippen LogP contribution >= 0.6 is 12.4 Å². The van der Waals surface area contributed by atoms with E-state index in [2.05, 4.69) is 36.6 Å². The lowest BCUT2D eigenvalue weighted by Crippen LogP contribution is -2.36. The van der Waals surface area contributed by atoms with Crippen LogP contribution in [-0.4, -0.2) is 51.5 Å². The Morgan fingerprint density at radius 3 is 2.31 bits per heavy atom. The Balaban J connectivity index is 0.00000612. The van der Waals surface area contributed by atoms with Crippen molar-refractivity contribution in [3.63, 3.8) is 0 Å². The third-order valence-corrected chi connectivity index (χ3v) is 6.75. The highest BCUT2D eigenvalue weighted by Crippen LogP contribution is 2.25. The van der Waals surface area contributed by atoms with Crippen LogP contribution in [0.1, 0.15) is 113 Å². The fourth-order valence-corrected chi connectivity index (χ4v) is 4.54. The molecule has 1 unspecified atom stereocenters. The third-order valence-electron chi connectivity index (χ3n) is 6.75. The summed E-state index contributed by atoms with van der Waals surface area (Å²) in [5, 5.41) is 6.52.